The van der Waals surface area contributed by atoms with E-state index in [-0.39, 0.29) is 28.4 Å². The van der Waals surface area contributed by atoms with Gasteiger partial charge in [0.25, 0.3) is 5.91 Å². The van der Waals surface area contributed by atoms with Crippen LogP contribution in [0.15, 0.2) is 12.3 Å². The third-order valence-corrected chi connectivity index (χ3v) is 2.60. The highest BCUT2D eigenvalue weighted by atomic mass is 35.5. The summed E-state index contributed by atoms with van der Waals surface area (Å²) in [6.45, 7) is 0.713. The van der Waals surface area contributed by atoms with Gasteiger partial charge in [-0.3, -0.25) is 4.79 Å². The Balaban J connectivity index is 2.62. The molecule has 1 rings (SSSR count). The maximum Gasteiger partial charge on any atom is 0.253 e. The maximum atomic E-state index is 11.9. The van der Waals surface area contributed by atoms with E-state index in [1.165, 1.54) is 12.3 Å². The zero-order chi connectivity index (χ0) is 13.5. The number of carbonyl (C=O) groups is 1. The summed E-state index contributed by atoms with van der Waals surface area (Å²) in [5.41, 5.74) is 5.79. The van der Waals surface area contributed by atoms with Crippen molar-refractivity contribution in [3.63, 3.8) is 0 Å². The van der Waals surface area contributed by atoms with E-state index in [1.54, 1.807) is 14.2 Å². The molecule has 0 bridgehead atoms. The molecule has 7 heteroatoms. The fourth-order valence-electron chi connectivity index (χ4n) is 1.33. The lowest BCUT2D eigenvalue weighted by Crippen LogP contribution is -2.35. The van der Waals surface area contributed by atoms with Crippen LogP contribution in [0.3, 0.4) is 0 Å². The lowest BCUT2D eigenvalue weighted by atomic mass is 10.2. The van der Waals surface area contributed by atoms with Gasteiger partial charge in [0, 0.05) is 27.0 Å². The first-order valence-electron chi connectivity index (χ1n) is 5.29. The van der Waals surface area contributed by atoms with Crippen molar-refractivity contribution in [1.82, 2.24) is 10.3 Å². The largest absolute Gasteiger partial charge is 0.384 e. The standard InChI is InChI=1S/C11H16ClN3O3/c1-17-6-7(18-2)4-15-11(16)8-3-10(13)14-5-9(8)12/h3,5,7H,4,6H2,1-2H3,(H2,13,14)(H,15,16). The lowest BCUT2D eigenvalue weighted by Gasteiger charge is -2.15. The van der Waals surface area contributed by atoms with Gasteiger partial charge in [-0.1, -0.05) is 11.6 Å². The number of nitrogen functional groups attached to an aromatic ring is 1. The van der Waals surface area contributed by atoms with Crippen molar-refractivity contribution >= 4 is 23.3 Å². The van der Waals surface area contributed by atoms with Gasteiger partial charge in [0.2, 0.25) is 0 Å². The second-order valence-corrected chi connectivity index (χ2v) is 4.02. The number of hydrogen-bond donors (Lipinski definition) is 2. The number of hydrogen-bond acceptors (Lipinski definition) is 5. The number of methoxy groups -OCH3 is 2. The lowest BCUT2D eigenvalue weighted by molar-refractivity contribution is 0.0285. The van der Waals surface area contributed by atoms with Gasteiger partial charge in [0.1, 0.15) is 5.82 Å². The minimum Gasteiger partial charge on any atom is -0.384 e. The molecule has 1 amide bonds. The molecule has 0 spiro atoms. The summed E-state index contributed by atoms with van der Waals surface area (Å²) in [5, 5.41) is 2.94. The normalized spacial score (nSPS) is 12.2. The molecule has 0 saturated carbocycles. The minimum absolute atomic E-state index is 0.211. The van der Waals surface area contributed by atoms with E-state index >= 15 is 0 Å². The van der Waals surface area contributed by atoms with Crippen molar-refractivity contribution in [2.75, 3.05) is 33.1 Å². The molecule has 1 atom stereocenters. The third-order valence-electron chi connectivity index (χ3n) is 2.30. The van der Waals surface area contributed by atoms with Crippen LogP contribution < -0.4 is 11.1 Å². The highest BCUT2D eigenvalue weighted by Gasteiger charge is 2.14. The number of nitrogens with two attached hydrogens (primary N) is 1. The number of carbonyl (C=O) groups excluding carboxylic acids is 1. The molecule has 0 aliphatic heterocycles. The Morgan fingerprint density at radius 3 is 2.94 bits per heavy atom. The fourth-order valence-corrected chi connectivity index (χ4v) is 1.52. The van der Waals surface area contributed by atoms with Crippen LogP contribution in [0.5, 0.6) is 0 Å². The highest BCUT2D eigenvalue weighted by molar-refractivity contribution is 6.33. The first-order chi connectivity index (χ1) is 8.58. The first-order valence-corrected chi connectivity index (χ1v) is 5.67. The molecule has 6 nitrogen and oxygen atoms in total. The Morgan fingerprint density at radius 1 is 1.61 bits per heavy atom. The molecule has 0 aliphatic carbocycles. The van der Waals surface area contributed by atoms with Crippen molar-refractivity contribution in [3.8, 4) is 0 Å². The van der Waals surface area contributed by atoms with Crippen LogP contribution in [0.1, 0.15) is 10.4 Å². The Bertz CT molecular complexity index is 415. The van der Waals surface area contributed by atoms with E-state index in [9.17, 15) is 4.79 Å². The summed E-state index contributed by atoms with van der Waals surface area (Å²) < 4.78 is 10.1. The van der Waals surface area contributed by atoms with Crippen LogP contribution in [-0.4, -0.2) is 44.4 Å². The second-order valence-electron chi connectivity index (χ2n) is 3.61. The molecule has 1 unspecified atom stereocenters. The van der Waals surface area contributed by atoms with Crippen LogP contribution in [0, 0.1) is 0 Å². The summed E-state index contributed by atoms with van der Waals surface area (Å²) in [4.78, 5) is 15.7. The monoisotopic (exact) mass is 273 g/mol. The third kappa shape index (κ3) is 4.14. The van der Waals surface area contributed by atoms with E-state index in [1.807, 2.05) is 0 Å². The van der Waals surface area contributed by atoms with Gasteiger partial charge in [-0.15, -0.1) is 0 Å². The Morgan fingerprint density at radius 2 is 2.33 bits per heavy atom. The van der Waals surface area contributed by atoms with Crippen LogP contribution >= 0.6 is 11.6 Å². The molecule has 1 aromatic heterocycles. The quantitative estimate of drug-likeness (QED) is 0.797. The van der Waals surface area contributed by atoms with Gasteiger partial charge in [-0.25, -0.2) is 4.98 Å². The number of rotatable bonds is 6. The predicted molar refractivity (Wildman–Crippen MR) is 68.7 cm³/mol. The van der Waals surface area contributed by atoms with Crippen molar-refractivity contribution in [2.24, 2.45) is 0 Å². The van der Waals surface area contributed by atoms with Crippen LogP contribution in [0.4, 0.5) is 5.82 Å². The SMILES string of the molecule is COCC(CNC(=O)c1cc(N)ncc1Cl)OC. The van der Waals surface area contributed by atoms with Gasteiger partial charge in [0.15, 0.2) is 0 Å². The number of pyridine rings is 1. The molecule has 1 heterocycles. The molecule has 0 fully saturated rings. The second kappa shape index (κ2) is 7.15. The average Bonchev–Trinajstić information content (AvgIpc) is 2.37. The smallest absolute Gasteiger partial charge is 0.253 e. The van der Waals surface area contributed by atoms with Crippen molar-refractivity contribution in [1.29, 1.82) is 0 Å². The van der Waals surface area contributed by atoms with Gasteiger partial charge in [-0.05, 0) is 6.07 Å². The Labute approximate surface area is 110 Å². The van der Waals surface area contributed by atoms with Gasteiger partial charge < -0.3 is 20.5 Å². The zero-order valence-corrected chi connectivity index (χ0v) is 11.0. The number of aromatic nitrogens is 1. The molecule has 0 saturated heterocycles. The molecular formula is C11H16ClN3O3. The van der Waals surface area contributed by atoms with Crippen molar-refractivity contribution < 1.29 is 14.3 Å². The fraction of sp³-hybridized carbons (Fsp3) is 0.455. The van der Waals surface area contributed by atoms with Crippen molar-refractivity contribution in [3.05, 3.63) is 22.8 Å². The summed E-state index contributed by atoms with van der Waals surface area (Å²) >= 11 is 5.87. The van der Waals surface area contributed by atoms with Gasteiger partial charge >= 0.3 is 0 Å². The topological polar surface area (TPSA) is 86.5 Å². The average molecular weight is 274 g/mol. The molecule has 100 valence electrons. The predicted octanol–water partition coefficient (Wildman–Crippen LogP) is 0.708. The van der Waals surface area contributed by atoms with E-state index < -0.39 is 0 Å². The molecule has 3 N–H and O–H groups in total. The van der Waals surface area contributed by atoms with Crippen LogP contribution in [0.25, 0.3) is 0 Å². The molecule has 0 aliphatic rings. The number of ether oxygens (including phenoxy) is 2. The number of halogens is 1. The maximum absolute atomic E-state index is 11.9. The summed E-state index contributed by atoms with van der Waals surface area (Å²) in [7, 11) is 3.11. The first kappa shape index (κ1) is 14.7. The molecule has 1 aromatic rings. The number of nitrogens with one attached hydrogen (secondary N) is 1. The van der Waals surface area contributed by atoms with E-state index in [0.717, 1.165) is 0 Å². The minimum atomic E-state index is -0.327. The molecule has 0 aromatic carbocycles. The van der Waals surface area contributed by atoms with E-state index in [0.29, 0.717) is 13.2 Å². The number of anilines is 1. The van der Waals surface area contributed by atoms with Gasteiger partial charge in [-0.2, -0.15) is 0 Å². The van der Waals surface area contributed by atoms with E-state index in [2.05, 4.69) is 10.3 Å². The zero-order valence-electron chi connectivity index (χ0n) is 10.3. The summed E-state index contributed by atoms with van der Waals surface area (Å²) in [6, 6.07) is 1.43. The Hall–Kier alpha value is -1.37. The summed E-state index contributed by atoms with van der Waals surface area (Å²) in [5.74, 6) is -0.0861. The van der Waals surface area contributed by atoms with Crippen LogP contribution in [-0.2, 0) is 9.47 Å². The molecular weight excluding hydrogens is 258 g/mol. The Kier molecular flexibility index (Phi) is 5.84. The van der Waals surface area contributed by atoms with E-state index in [4.69, 9.17) is 26.8 Å². The summed E-state index contributed by atoms with van der Waals surface area (Å²) in [6.07, 6.45) is 1.13. The number of nitrogens with zero attached hydrogens (tertiary/aromatic N) is 1. The number of amides is 1. The molecule has 0 radical (unpaired) electrons. The highest BCUT2D eigenvalue weighted by Crippen LogP contribution is 2.16. The molecule has 18 heavy (non-hydrogen) atoms. The van der Waals surface area contributed by atoms with Crippen molar-refractivity contribution in [2.45, 2.75) is 6.10 Å². The van der Waals surface area contributed by atoms with Gasteiger partial charge in [0.05, 0.1) is 23.3 Å². The van der Waals surface area contributed by atoms with Crippen LogP contribution in [0.2, 0.25) is 5.02 Å².